The van der Waals surface area contributed by atoms with Gasteiger partial charge >= 0.3 is 0 Å². The van der Waals surface area contributed by atoms with Crippen LogP contribution in [0.2, 0.25) is 0 Å². The van der Waals surface area contributed by atoms with E-state index in [0.717, 1.165) is 57.8 Å². The first kappa shape index (κ1) is 34.0. The van der Waals surface area contributed by atoms with Crippen LogP contribution in [0.25, 0.3) is 0 Å². The van der Waals surface area contributed by atoms with Crippen molar-refractivity contribution >= 4 is 0 Å². The molecule has 3 rings (SSSR count). The fourth-order valence-electron chi connectivity index (χ4n) is 6.47. The van der Waals surface area contributed by atoms with Crippen molar-refractivity contribution in [3.63, 3.8) is 0 Å². The predicted octanol–water partition coefficient (Wildman–Crippen LogP) is -0.311. The second-order valence-corrected chi connectivity index (χ2v) is 12.0. The summed E-state index contributed by atoms with van der Waals surface area (Å²) >= 11 is 0. The molecule has 1 spiro atoms. The number of unbranched alkanes of at least 4 members (excludes halogenated alkanes) is 1. The number of hydrogen-bond acceptors (Lipinski definition) is 12. The summed E-state index contributed by atoms with van der Waals surface area (Å²) in [5, 5.41) is 82.3. The van der Waals surface area contributed by atoms with Gasteiger partial charge in [0.15, 0.2) is 5.79 Å². The van der Waals surface area contributed by atoms with Gasteiger partial charge in [0.05, 0.1) is 42.7 Å². The summed E-state index contributed by atoms with van der Waals surface area (Å²) in [5.41, 5.74) is 0. The number of aliphatic hydroxyl groups excluding tert-OH is 8. The molecule has 0 unspecified atom stereocenters. The van der Waals surface area contributed by atoms with E-state index in [-0.39, 0.29) is 38.1 Å². The van der Waals surface area contributed by atoms with Crippen molar-refractivity contribution in [2.24, 2.45) is 5.92 Å². The van der Waals surface area contributed by atoms with Crippen LogP contribution in [0.1, 0.15) is 84.0 Å². The molecule has 40 heavy (non-hydrogen) atoms. The van der Waals surface area contributed by atoms with E-state index in [0.29, 0.717) is 0 Å². The molecule has 8 N–H and O–H groups in total. The lowest BCUT2D eigenvalue weighted by Crippen LogP contribution is -2.63. The topological polar surface area (TPSA) is 199 Å². The van der Waals surface area contributed by atoms with Crippen molar-refractivity contribution in [2.45, 2.75) is 150 Å². The Labute approximate surface area is 236 Å². The van der Waals surface area contributed by atoms with E-state index in [9.17, 15) is 35.7 Å². The molecule has 0 radical (unpaired) electrons. The van der Waals surface area contributed by atoms with E-state index in [1.807, 2.05) is 0 Å². The molecule has 3 fully saturated rings. The standard InChI is InChI=1S/C28H52O12/c1-17(13-20(31)25(35)23-15-22(33)26(36)28(16-30,37-2)40-23)24(34)21(32)14-19-9-6-11-27(39-19)10-5-8-18(38-27)7-3-4-12-29/h17-26,29-36H,3-16H2,1-2H3/t17-,18-,19+,20+,21-,22+,23+,24-,25+,26+,27+,28+/m0/s1. The Hall–Kier alpha value is -0.480. The van der Waals surface area contributed by atoms with Gasteiger partial charge in [-0.3, -0.25) is 0 Å². The Morgan fingerprint density at radius 2 is 1.55 bits per heavy atom. The highest BCUT2D eigenvalue weighted by Crippen LogP contribution is 2.41. The van der Waals surface area contributed by atoms with Crippen molar-refractivity contribution in [1.29, 1.82) is 0 Å². The Bertz CT molecular complexity index is 734. The second-order valence-electron chi connectivity index (χ2n) is 12.0. The molecule has 3 heterocycles. The van der Waals surface area contributed by atoms with Gasteiger partial charge in [0, 0.05) is 39.4 Å². The van der Waals surface area contributed by atoms with Gasteiger partial charge in [-0.25, -0.2) is 0 Å². The Kier molecular flexibility index (Phi) is 13.0. The van der Waals surface area contributed by atoms with Crippen LogP contribution >= 0.6 is 0 Å². The molecule has 0 saturated carbocycles. The zero-order chi connectivity index (χ0) is 29.5. The van der Waals surface area contributed by atoms with Crippen molar-refractivity contribution in [3.8, 4) is 0 Å². The molecule has 236 valence electrons. The molecule has 12 heteroatoms. The van der Waals surface area contributed by atoms with Crippen molar-refractivity contribution < 1.29 is 59.8 Å². The van der Waals surface area contributed by atoms with Crippen LogP contribution in [0.4, 0.5) is 0 Å². The molecule has 12 atom stereocenters. The molecule has 0 aliphatic carbocycles. The maximum atomic E-state index is 10.9. The minimum atomic E-state index is -1.94. The van der Waals surface area contributed by atoms with E-state index in [1.54, 1.807) is 6.92 Å². The summed E-state index contributed by atoms with van der Waals surface area (Å²) in [7, 11) is 1.19. The van der Waals surface area contributed by atoms with Gasteiger partial charge in [-0.1, -0.05) is 6.92 Å². The summed E-state index contributed by atoms with van der Waals surface area (Å²) in [5.74, 6) is -3.22. The molecule has 0 aromatic rings. The maximum Gasteiger partial charge on any atom is 0.221 e. The van der Waals surface area contributed by atoms with E-state index in [4.69, 9.17) is 24.1 Å². The number of aliphatic hydroxyl groups is 8. The van der Waals surface area contributed by atoms with Gasteiger partial charge in [-0.05, 0) is 57.3 Å². The zero-order valence-electron chi connectivity index (χ0n) is 23.9. The highest BCUT2D eigenvalue weighted by molar-refractivity contribution is 4.95. The number of ether oxygens (including phenoxy) is 4. The van der Waals surface area contributed by atoms with Crippen LogP contribution in [0.15, 0.2) is 0 Å². The molecule has 12 nitrogen and oxygen atoms in total. The van der Waals surface area contributed by atoms with Crippen LogP contribution in [0, 0.1) is 5.92 Å². The maximum absolute atomic E-state index is 10.9. The van der Waals surface area contributed by atoms with E-state index in [1.165, 1.54) is 7.11 Å². The molecule has 0 aromatic heterocycles. The minimum absolute atomic E-state index is 0.0783. The van der Waals surface area contributed by atoms with Crippen molar-refractivity contribution in [3.05, 3.63) is 0 Å². The molecule has 3 aliphatic rings. The highest BCUT2D eigenvalue weighted by Gasteiger charge is 2.52. The zero-order valence-corrected chi connectivity index (χ0v) is 23.9. The summed E-state index contributed by atoms with van der Waals surface area (Å²) < 4.78 is 23.4. The predicted molar refractivity (Wildman–Crippen MR) is 142 cm³/mol. The van der Waals surface area contributed by atoms with Crippen molar-refractivity contribution in [1.82, 2.24) is 0 Å². The summed E-state index contributed by atoms with van der Waals surface area (Å²) in [6, 6.07) is 0. The summed E-state index contributed by atoms with van der Waals surface area (Å²) in [6.07, 6.45) is -1.88. The summed E-state index contributed by atoms with van der Waals surface area (Å²) in [4.78, 5) is 0. The smallest absolute Gasteiger partial charge is 0.221 e. The first-order chi connectivity index (χ1) is 19.0. The van der Waals surface area contributed by atoms with E-state index >= 15 is 0 Å². The normalized spacial score (nSPS) is 39.0. The highest BCUT2D eigenvalue weighted by atomic mass is 16.7. The largest absolute Gasteiger partial charge is 0.396 e. The molecule has 0 aromatic carbocycles. The van der Waals surface area contributed by atoms with Crippen LogP contribution in [0.5, 0.6) is 0 Å². The lowest BCUT2D eigenvalue weighted by molar-refractivity contribution is -0.354. The van der Waals surface area contributed by atoms with Crippen LogP contribution in [0.3, 0.4) is 0 Å². The quantitative estimate of drug-likeness (QED) is 0.125. The van der Waals surface area contributed by atoms with Crippen LogP contribution in [-0.4, -0.2) is 128 Å². The van der Waals surface area contributed by atoms with Crippen LogP contribution < -0.4 is 0 Å². The van der Waals surface area contributed by atoms with Gasteiger partial charge in [0.25, 0.3) is 0 Å². The first-order valence-corrected chi connectivity index (χ1v) is 14.9. The first-order valence-electron chi connectivity index (χ1n) is 14.9. The molecule has 0 bridgehead atoms. The average Bonchev–Trinajstić information content (AvgIpc) is 2.94. The lowest BCUT2D eigenvalue weighted by atomic mass is 9.85. The van der Waals surface area contributed by atoms with Gasteiger partial charge in [-0.2, -0.15) is 0 Å². The second kappa shape index (κ2) is 15.3. The molecular weight excluding hydrogens is 528 g/mol. The third kappa shape index (κ3) is 8.33. The third-order valence-corrected chi connectivity index (χ3v) is 8.94. The van der Waals surface area contributed by atoms with Gasteiger partial charge < -0.3 is 59.8 Å². The molecule has 3 saturated heterocycles. The average molecular weight is 581 g/mol. The molecular formula is C28H52O12. The van der Waals surface area contributed by atoms with Crippen LogP contribution in [-0.2, 0) is 18.9 Å². The van der Waals surface area contributed by atoms with E-state index in [2.05, 4.69) is 0 Å². The Morgan fingerprint density at radius 1 is 0.900 bits per heavy atom. The number of methoxy groups -OCH3 is 1. The molecule has 3 aliphatic heterocycles. The fraction of sp³-hybridized carbons (Fsp3) is 1.00. The Balaban J connectivity index is 1.50. The number of rotatable bonds is 14. The SMILES string of the molecule is CO[C@]1(CO)O[C@@H]([C@H](O)[C@H](O)C[C@H](C)[C@H](O)[C@@H](O)C[C@H]2CCC[C@@]3(CCC[C@H](CCCCO)O3)O2)C[C@@H](O)[C@H]1O. The summed E-state index contributed by atoms with van der Waals surface area (Å²) in [6.45, 7) is 1.05. The monoisotopic (exact) mass is 580 g/mol. The third-order valence-electron chi connectivity index (χ3n) is 8.94. The molecule has 0 amide bonds. The van der Waals surface area contributed by atoms with Gasteiger partial charge in [0.1, 0.15) is 18.8 Å². The lowest BCUT2D eigenvalue weighted by Gasteiger charge is -2.46. The number of hydrogen-bond donors (Lipinski definition) is 8. The van der Waals surface area contributed by atoms with Crippen molar-refractivity contribution in [2.75, 3.05) is 20.3 Å². The van der Waals surface area contributed by atoms with Gasteiger partial charge in [-0.15, -0.1) is 0 Å². The van der Waals surface area contributed by atoms with Gasteiger partial charge in [0.2, 0.25) is 5.79 Å². The fourth-order valence-corrected chi connectivity index (χ4v) is 6.47. The minimum Gasteiger partial charge on any atom is -0.396 e. The Morgan fingerprint density at radius 3 is 2.17 bits per heavy atom. The van der Waals surface area contributed by atoms with E-state index < -0.39 is 66.8 Å².